The van der Waals surface area contributed by atoms with Crippen LogP contribution in [-0.4, -0.2) is 24.7 Å². The summed E-state index contributed by atoms with van der Waals surface area (Å²) in [5, 5.41) is 2.65. The maximum atomic E-state index is 10.9. The normalized spacial score (nSPS) is 12.7. The van der Waals surface area contributed by atoms with Crippen LogP contribution in [0.25, 0.3) is 0 Å². The predicted molar refractivity (Wildman–Crippen MR) is 38.8 cm³/mol. The summed E-state index contributed by atoms with van der Waals surface area (Å²) in [7, 11) is 1.61. The van der Waals surface area contributed by atoms with Crippen molar-refractivity contribution < 1.29 is 9.59 Å². The van der Waals surface area contributed by atoms with Gasteiger partial charge in [0.1, 0.15) is 6.04 Å². The van der Waals surface area contributed by atoms with Gasteiger partial charge >= 0.3 is 0 Å². The summed E-state index contributed by atoms with van der Waals surface area (Å²) in [6.45, 7) is 3.16. The zero-order valence-electron chi connectivity index (χ0n) is 6.60. The van der Waals surface area contributed by atoms with Crippen molar-refractivity contribution in [2.24, 2.45) is 0 Å². The van der Waals surface area contributed by atoms with Crippen LogP contribution in [0.1, 0.15) is 20.3 Å². The lowest BCUT2D eigenvalue weighted by molar-refractivity contribution is -0.128. The number of ketones is 2. The molecule has 0 amide bonds. The van der Waals surface area contributed by atoms with Gasteiger partial charge in [0.15, 0.2) is 11.6 Å². The summed E-state index contributed by atoms with van der Waals surface area (Å²) in [5.41, 5.74) is 0. The monoisotopic (exact) mass is 143 g/mol. The van der Waals surface area contributed by atoms with Gasteiger partial charge in [-0.05, 0) is 14.0 Å². The highest BCUT2D eigenvalue weighted by Crippen LogP contribution is 1.91. The fourth-order valence-corrected chi connectivity index (χ4v) is 0.795. The predicted octanol–water partition coefficient (Wildman–Crippen LogP) is 0.143. The van der Waals surface area contributed by atoms with Crippen LogP contribution in [0.3, 0.4) is 0 Å². The second kappa shape index (κ2) is 4.17. The van der Waals surface area contributed by atoms with Crippen LogP contribution in [0, 0.1) is 0 Å². The molecule has 0 bridgehead atoms. The molecule has 0 aliphatic rings. The maximum Gasteiger partial charge on any atom is 0.157 e. The van der Waals surface area contributed by atoms with E-state index in [1.165, 1.54) is 6.92 Å². The molecule has 3 heteroatoms. The van der Waals surface area contributed by atoms with Crippen LogP contribution in [-0.2, 0) is 9.59 Å². The number of hydrogen-bond acceptors (Lipinski definition) is 3. The average molecular weight is 143 g/mol. The van der Waals surface area contributed by atoms with Gasteiger partial charge in [0, 0.05) is 6.42 Å². The quantitative estimate of drug-likeness (QED) is 0.569. The molecule has 3 nitrogen and oxygen atoms in total. The van der Waals surface area contributed by atoms with Crippen molar-refractivity contribution in [3.8, 4) is 0 Å². The third-order valence-corrected chi connectivity index (χ3v) is 1.37. The second-order valence-corrected chi connectivity index (χ2v) is 2.15. The van der Waals surface area contributed by atoms with Crippen LogP contribution in [0.4, 0.5) is 0 Å². The lowest BCUT2D eigenvalue weighted by atomic mass is 10.1. The van der Waals surface area contributed by atoms with Crippen molar-refractivity contribution in [3.05, 3.63) is 0 Å². The SMILES string of the molecule is CCC(=O)C(NC)C(C)=O. The van der Waals surface area contributed by atoms with Gasteiger partial charge in [-0.25, -0.2) is 0 Å². The molecule has 1 N–H and O–H groups in total. The Morgan fingerprint density at radius 2 is 2.00 bits per heavy atom. The van der Waals surface area contributed by atoms with Gasteiger partial charge in [0.25, 0.3) is 0 Å². The summed E-state index contributed by atoms with van der Waals surface area (Å²) in [5.74, 6) is -0.163. The molecule has 1 atom stereocenters. The largest absolute Gasteiger partial charge is 0.304 e. The molecule has 1 unspecified atom stereocenters. The van der Waals surface area contributed by atoms with Gasteiger partial charge in [-0.3, -0.25) is 9.59 Å². The molecule has 0 aromatic heterocycles. The number of carbonyl (C=O) groups is 2. The second-order valence-electron chi connectivity index (χ2n) is 2.15. The first-order valence-electron chi connectivity index (χ1n) is 3.33. The molecule has 0 aliphatic heterocycles. The number of Topliss-reactive ketones (excluding diaryl/α,β-unsaturated/α-hetero) is 2. The average Bonchev–Trinajstić information content (AvgIpc) is 1.88. The first kappa shape index (κ1) is 9.30. The Bertz CT molecular complexity index is 143. The molecule has 0 aliphatic carbocycles. The molecule has 0 heterocycles. The molecule has 0 aromatic carbocycles. The molecular formula is C7H13NO2. The van der Waals surface area contributed by atoms with Gasteiger partial charge in [-0.2, -0.15) is 0 Å². The highest BCUT2D eigenvalue weighted by Gasteiger charge is 2.18. The Labute approximate surface area is 60.8 Å². The molecular weight excluding hydrogens is 130 g/mol. The molecule has 10 heavy (non-hydrogen) atoms. The molecule has 0 spiro atoms. The van der Waals surface area contributed by atoms with E-state index in [-0.39, 0.29) is 11.6 Å². The Kier molecular flexibility index (Phi) is 3.88. The van der Waals surface area contributed by atoms with Gasteiger partial charge in [-0.1, -0.05) is 6.92 Å². The van der Waals surface area contributed by atoms with Crippen molar-refractivity contribution in [2.45, 2.75) is 26.3 Å². The Balaban J connectivity index is 4.06. The lowest BCUT2D eigenvalue weighted by Gasteiger charge is -2.08. The third kappa shape index (κ3) is 2.27. The summed E-state index contributed by atoms with van der Waals surface area (Å²) in [4.78, 5) is 21.6. The highest BCUT2D eigenvalue weighted by molar-refractivity contribution is 6.05. The molecule has 0 radical (unpaired) electrons. The van der Waals surface area contributed by atoms with E-state index in [1.807, 2.05) is 0 Å². The van der Waals surface area contributed by atoms with Gasteiger partial charge in [0.05, 0.1) is 0 Å². The van der Waals surface area contributed by atoms with Crippen molar-refractivity contribution in [2.75, 3.05) is 7.05 Å². The molecule has 0 aromatic rings. The van der Waals surface area contributed by atoms with E-state index >= 15 is 0 Å². The fraction of sp³-hybridized carbons (Fsp3) is 0.714. The Morgan fingerprint density at radius 1 is 1.50 bits per heavy atom. The van der Waals surface area contributed by atoms with Crippen molar-refractivity contribution in [1.82, 2.24) is 5.32 Å². The van der Waals surface area contributed by atoms with Crippen LogP contribution >= 0.6 is 0 Å². The minimum absolute atomic E-state index is 0.0463. The Hall–Kier alpha value is -0.700. The Morgan fingerprint density at radius 3 is 2.10 bits per heavy atom. The zero-order valence-corrected chi connectivity index (χ0v) is 6.60. The first-order chi connectivity index (χ1) is 4.63. The summed E-state index contributed by atoms with van der Waals surface area (Å²) in [6, 6.07) is -0.593. The van der Waals surface area contributed by atoms with E-state index in [9.17, 15) is 9.59 Å². The van der Waals surface area contributed by atoms with E-state index in [0.717, 1.165) is 0 Å². The zero-order chi connectivity index (χ0) is 8.15. The van der Waals surface area contributed by atoms with Crippen molar-refractivity contribution >= 4 is 11.6 Å². The highest BCUT2D eigenvalue weighted by atomic mass is 16.2. The summed E-state index contributed by atoms with van der Waals surface area (Å²) >= 11 is 0. The van der Waals surface area contributed by atoms with E-state index in [1.54, 1.807) is 14.0 Å². The molecule has 0 rings (SSSR count). The summed E-state index contributed by atoms with van der Waals surface area (Å²) < 4.78 is 0. The molecule has 0 fully saturated rings. The standard InChI is InChI=1S/C7H13NO2/c1-4-6(10)7(8-3)5(2)9/h7-8H,4H2,1-3H3. The van der Waals surface area contributed by atoms with E-state index in [4.69, 9.17) is 0 Å². The minimum atomic E-state index is -0.593. The number of nitrogens with one attached hydrogen (secondary N) is 1. The fourth-order valence-electron chi connectivity index (χ4n) is 0.795. The number of rotatable bonds is 4. The summed E-state index contributed by atoms with van der Waals surface area (Å²) in [6.07, 6.45) is 0.408. The lowest BCUT2D eigenvalue weighted by Crippen LogP contribution is -2.39. The van der Waals surface area contributed by atoms with E-state index in [2.05, 4.69) is 5.32 Å². The first-order valence-corrected chi connectivity index (χ1v) is 3.33. The molecule has 58 valence electrons. The van der Waals surface area contributed by atoms with Crippen LogP contribution < -0.4 is 5.32 Å². The number of likely N-dealkylation sites (N-methyl/N-ethyl adjacent to an activating group) is 1. The molecule has 0 saturated carbocycles. The van der Waals surface area contributed by atoms with E-state index in [0.29, 0.717) is 6.42 Å². The van der Waals surface area contributed by atoms with Crippen LogP contribution in [0.2, 0.25) is 0 Å². The van der Waals surface area contributed by atoms with E-state index < -0.39 is 6.04 Å². The van der Waals surface area contributed by atoms with Crippen LogP contribution in [0.15, 0.2) is 0 Å². The van der Waals surface area contributed by atoms with Crippen molar-refractivity contribution in [3.63, 3.8) is 0 Å². The van der Waals surface area contributed by atoms with Gasteiger partial charge in [0.2, 0.25) is 0 Å². The van der Waals surface area contributed by atoms with Gasteiger partial charge in [-0.15, -0.1) is 0 Å². The van der Waals surface area contributed by atoms with Gasteiger partial charge < -0.3 is 5.32 Å². The number of carbonyl (C=O) groups excluding carboxylic acids is 2. The molecule has 0 saturated heterocycles. The topological polar surface area (TPSA) is 46.2 Å². The maximum absolute atomic E-state index is 10.9. The van der Waals surface area contributed by atoms with Crippen molar-refractivity contribution in [1.29, 1.82) is 0 Å². The minimum Gasteiger partial charge on any atom is -0.304 e. The number of hydrogen-bond donors (Lipinski definition) is 1. The third-order valence-electron chi connectivity index (χ3n) is 1.37. The smallest absolute Gasteiger partial charge is 0.157 e. The van der Waals surface area contributed by atoms with Crippen LogP contribution in [0.5, 0.6) is 0 Å².